The number of hydrogen-bond acceptors (Lipinski definition) is 5. The second-order valence-electron chi connectivity index (χ2n) is 7.18. The number of carbonyl (C=O) groups excluding carboxylic acids is 1. The number of benzene rings is 1. The van der Waals surface area contributed by atoms with Gasteiger partial charge in [-0.1, -0.05) is 19.1 Å². The molecule has 7 nitrogen and oxygen atoms in total. The van der Waals surface area contributed by atoms with Crippen molar-refractivity contribution < 1.29 is 13.2 Å². The summed E-state index contributed by atoms with van der Waals surface area (Å²) in [7, 11) is -0.639. The minimum atomic E-state index is -3.62. The van der Waals surface area contributed by atoms with Gasteiger partial charge >= 0.3 is 0 Å². The number of thioether (sulfide) groups is 1. The minimum Gasteiger partial charge on any atom is -0.310 e. The number of rotatable bonds is 4. The van der Waals surface area contributed by atoms with Gasteiger partial charge < -0.3 is 4.90 Å². The van der Waals surface area contributed by atoms with Crippen LogP contribution in [0.5, 0.6) is 0 Å². The molecule has 2 heterocycles. The Labute approximate surface area is 170 Å². The van der Waals surface area contributed by atoms with Crippen LogP contribution in [0, 0.1) is 13.8 Å². The topological polar surface area (TPSA) is 75.5 Å². The van der Waals surface area contributed by atoms with Crippen molar-refractivity contribution in [3.8, 4) is 0 Å². The molecule has 1 amide bonds. The van der Waals surface area contributed by atoms with Crippen molar-refractivity contribution in [2.75, 3.05) is 25.5 Å². The zero-order chi connectivity index (χ0) is 20.6. The predicted octanol–water partition coefficient (Wildman–Crippen LogP) is 2.67. The van der Waals surface area contributed by atoms with Gasteiger partial charge in [0.25, 0.3) is 0 Å². The van der Waals surface area contributed by atoms with Crippen LogP contribution in [0.25, 0.3) is 0 Å². The van der Waals surface area contributed by atoms with E-state index >= 15 is 0 Å². The maximum Gasteiger partial charge on any atom is 0.248 e. The summed E-state index contributed by atoms with van der Waals surface area (Å²) in [4.78, 5) is 16.2. The highest BCUT2D eigenvalue weighted by Gasteiger charge is 2.29. The lowest BCUT2D eigenvalue weighted by Gasteiger charge is -2.22. The number of hydrogen-bond donors (Lipinski definition) is 0. The van der Waals surface area contributed by atoms with E-state index in [0.717, 1.165) is 17.0 Å². The summed E-state index contributed by atoms with van der Waals surface area (Å²) < 4.78 is 27.9. The Hall–Kier alpha value is -1.84. The quantitative estimate of drug-likeness (QED) is 0.757. The molecule has 1 aromatic heterocycles. The zero-order valence-electron chi connectivity index (χ0n) is 16.8. The molecule has 0 radical (unpaired) electrons. The van der Waals surface area contributed by atoms with Crippen LogP contribution < -0.4 is 4.90 Å². The number of amides is 1. The standard InChI is InChI=1S/C19H26N4O3S2/c1-13-10-11-22(16-8-6-7-9-17(16)27-13)18(24)12-23-15(3)19(14(2)20-23)28(25,26)21(4)5/h6-9,13H,10-12H2,1-5H3/t13-/m0/s1. The predicted molar refractivity (Wildman–Crippen MR) is 111 cm³/mol. The first kappa shape index (κ1) is 20.9. The summed E-state index contributed by atoms with van der Waals surface area (Å²) in [5.41, 5.74) is 1.79. The minimum absolute atomic E-state index is 0.00298. The molecular weight excluding hydrogens is 396 g/mol. The lowest BCUT2D eigenvalue weighted by molar-refractivity contribution is -0.119. The molecule has 1 aliphatic rings. The fourth-order valence-corrected chi connectivity index (χ4v) is 5.72. The molecule has 2 aromatic rings. The van der Waals surface area contributed by atoms with E-state index in [-0.39, 0.29) is 17.3 Å². The van der Waals surface area contributed by atoms with Crippen LogP contribution >= 0.6 is 11.8 Å². The highest BCUT2D eigenvalue weighted by Crippen LogP contribution is 2.37. The lowest BCUT2D eigenvalue weighted by Crippen LogP contribution is -2.35. The van der Waals surface area contributed by atoms with E-state index in [0.29, 0.717) is 23.2 Å². The number of aryl methyl sites for hydroxylation is 1. The molecule has 9 heteroatoms. The summed E-state index contributed by atoms with van der Waals surface area (Å²) in [6.07, 6.45) is 0.891. The normalized spacial score (nSPS) is 17.5. The van der Waals surface area contributed by atoms with E-state index in [9.17, 15) is 13.2 Å². The number of para-hydroxylation sites is 1. The van der Waals surface area contributed by atoms with Gasteiger partial charge in [-0.25, -0.2) is 12.7 Å². The van der Waals surface area contributed by atoms with Crippen molar-refractivity contribution in [3.63, 3.8) is 0 Å². The summed E-state index contributed by atoms with van der Waals surface area (Å²) in [6, 6.07) is 7.90. The molecule has 0 saturated heterocycles. The number of aromatic nitrogens is 2. The number of nitrogens with zero attached hydrogens (tertiary/aromatic N) is 4. The van der Waals surface area contributed by atoms with E-state index in [2.05, 4.69) is 12.0 Å². The number of fused-ring (bicyclic) bond motifs is 1. The Morgan fingerprint density at radius 2 is 1.96 bits per heavy atom. The molecule has 1 aliphatic heterocycles. The van der Waals surface area contributed by atoms with Gasteiger partial charge in [0.15, 0.2) is 0 Å². The van der Waals surface area contributed by atoms with Crippen LogP contribution in [0.3, 0.4) is 0 Å². The Morgan fingerprint density at radius 3 is 2.64 bits per heavy atom. The Balaban J connectivity index is 1.93. The van der Waals surface area contributed by atoms with E-state index in [1.165, 1.54) is 23.1 Å². The van der Waals surface area contributed by atoms with Gasteiger partial charge in [0.05, 0.1) is 17.1 Å². The van der Waals surface area contributed by atoms with Gasteiger partial charge in [0, 0.05) is 30.8 Å². The average Bonchev–Trinajstić information content (AvgIpc) is 2.79. The lowest BCUT2D eigenvalue weighted by atomic mass is 10.2. The Kier molecular flexibility index (Phi) is 5.88. The molecule has 3 rings (SSSR count). The average molecular weight is 423 g/mol. The number of anilines is 1. The Bertz CT molecular complexity index is 999. The first-order valence-electron chi connectivity index (χ1n) is 9.15. The van der Waals surface area contributed by atoms with E-state index in [4.69, 9.17) is 0 Å². The Morgan fingerprint density at radius 1 is 1.29 bits per heavy atom. The van der Waals surface area contributed by atoms with Crippen LogP contribution in [0.1, 0.15) is 24.7 Å². The van der Waals surface area contributed by atoms with Crippen molar-refractivity contribution in [2.45, 2.75) is 48.8 Å². The maximum absolute atomic E-state index is 13.1. The highest BCUT2D eigenvalue weighted by atomic mass is 32.2. The first-order chi connectivity index (χ1) is 13.1. The molecule has 0 saturated carbocycles. The van der Waals surface area contributed by atoms with Gasteiger partial charge in [0.1, 0.15) is 11.4 Å². The van der Waals surface area contributed by atoms with Crippen molar-refractivity contribution >= 4 is 33.4 Å². The van der Waals surface area contributed by atoms with Crippen LogP contribution in [0.4, 0.5) is 5.69 Å². The summed E-state index contributed by atoms with van der Waals surface area (Å²) in [5, 5.41) is 4.77. The van der Waals surface area contributed by atoms with Gasteiger partial charge in [-0.15, -0.1) is 11.8 Å². The molecule has 0 spiro atoms. The molecule has 1 aromatic carbocycles. The summed E-state index contributed by atoms with van der Waals surface area (Å²) >= 11 is 1.78. The number of carbonyl (C=O) groups is 1. The smallest absolute Gasteiger partial charge is 0.248 e. The number of sulfonamides is 1. The summed E-state index contributed by atoms with van der Waals surface area (Å²) in [5.74, 6) is -0.0958. The van der Waals surface area contributed by atoms with Gasteiger partial charge in [0.2, 0.25) is 15.9 Å². The maximum atomic E-state index is 13.1. The van der Waals surface area contributed by atoms with Crippen molar-refractivity contribution in [1.29, 1.82) is 0 Å². The second-order valence-corrected chi connectivity index (χ2v) is 10.7. The molecule has 1 atom stereocenters. The van der Waals surface area contributed by atoms with Crippen LogP contribution in [-0.4, -0.2) is 54.3 Å². The zero-order valence-corrected chi connectivity index (χ0v) is 18.5. The van der Waals surface area contributed by atoms with Crippen molar-refractivity contribution in [1.82, 2.24) is 14.1 Å². The fourth-order valence-electron chi connectivity index (χ4n) is 3.35. The van der Waals surface area contributed by atoms with Crippen molar-refractivity contribution in [2.24, 2.45) is 0 Å². The van der Waals surface area contributed by atoms with E-state index in [1.54, 1.807) is 30.5 Å². The molecule has 152 valence electrons. The van der Waals surface area contributed by atoms with E-state index in [1.807, 2.05) is 24.3 Å². The van der Waals surface area contributed by atoms with Gasteiger partial charge in [-0.3, -0.25) is 9.48 Å². The SMILES string of the molecule is Cc1nn(CC(=O)N2CC[C@H](C)Sc3ccccc32)c(C)c1S(=O)(=O)N(C)C. The molecule has 28 heavy (non-hydrogen) atoms. The molecule has 0 fully saturated rings. The van der Waals surface area contributed by atoms with E-state index < -0.39 is 10.0 Å². The molecular formula is C19H26N4O3S2. The molecule has 0 unspecified atom stereocenters. The molecule has 0 N–H and O–H groups in total. The largest absolute Gasteiger partial charge is 0.310 e. The summed E-state index contributed by atoms with van der Waals surface area (Å²) in [6.45, 7) is 6.14. The highest BCUT2D eigenvalue weighted by molar-refractivity contribution is 8.00. The van der Waals surface area contributed by atoms with Crippen LogP contribution in [0.2, 0.25) is 0 Å². The molecule has 0 bridgehead atoms. The monoisotopic (exact) mass is 422 g/mol. The third-order valence-corrected chi connectivity index (χ3v) is 8.19. The second kappa shape index (κ2) is 7.88. The molecule has 0 aliphatic carbocycles. The van der Waals surface area contributed by atoms with Gasteiger partial charge in [-0.05, 0) is 32.4 Å². The third-order valence-electron chi connectivity index (χ3n) is 4.88. The van der Waals surface area contributed by atoms with Crippen LogP contribution in [-0.2, 0) is 21.4 Å². The first-order valence-corrected chi connectivity index (χ1v) is 11.5. The van der Waals surface area contributed by atoms with Crippen molar-refractivity contribution in [3.05, 3.63) is 35.7 Å². The fraction of sp³-hybridized carbons (Fsp3) is 0.474. The van der Waals surface area contributed by atoms with Crippen LogP contribution in [0.15, 0.2) is 34.1 Å². The third kappa shape index (κ3) is 3.83. The van der Waals surface area contributed by atoms with Gasteiger partial charge in [-0.2, -0.15) is 5.10 Å².